The Morgan fingerprint density at radius 2 is 1.65 bits per heavy atom. The highest BCUT2D eigenvalue weighted by molar-refractivity contribution is 5.94. The molecular formula is C30H27F5N3O5. The van der Waals surface area contributed by atoms with Crippen LogP contribution in [0.5, 0.6) is 0 Å². The van der Waals surface area contributed by atoms with Crippen molar-refractivity contribution in [1.82, 2.24) is 14.8 Å². The minimum Gasteiger partial charge on any atom is -0.475 e. The van der Waals surface area contributed by atoms with Gasteiger partial charge in [0.25, 0.3) is 5.91 Å². The zero-order valence-electron chi connectivity index (χ0n) is 22.9. The zero-order valence-corrected chi connectivity index (χ0v) is 22.9. The van der Waals surface area contributed by atoms with E-state index in [1.807, 2.05) is 6.07 Å². The van der Waals surface area contributed by atoms with Crippen LogP contribution in [0.1, 0.15) is 35.7 Å². The maximum atomic E-state index is 15.0. The summed E-state index contributed by atoms with van der Waals surface area (Å²) in [6.07, 6.45) is -3.19. The molecule has 0 saturated carbocycles. The van der Waals surface area contributed by atoms with E-state index < -0.39 is 29.5 Å². The normalized spacial score (nSPS) is 14.0. The number of oxazole rings is 1. The van der Waals surface area contributed by atoms with E-state index in [9.17, 15) is 27.2 Å². The second-order valence-electron chi connectivity index (χ2n) is 9.75. The van der Waals surface area contributed by atoms with Crippen molar-refractivity contribution >= 4 is 23.0 Å². The third-order valence-electron chi connectivity index (χ3n) is 6.88. The number of aromatic amines is 1. The number of carboxylic acids is 1. The van der Waals surface area contributed by atoms with Crippen LogP contribution in [0.25, 0.3) is 22.2 Å². The molecule has 2 N–H and O–H groups in total. The van der Waals surface area contributed by atoms with Gasteiger partial charge in [0, 0.05) is 24.2 Å². The van der Waals surface area contributed by atoms with Gasteiger partial charge >= 0.3 is 17.9 Å². The van der Waals surface area contributed by atoms with E-state index in [1.54, 1.807) is 29.2 Å². The van der Waals surface area contributed by atoms with E-state index in [0.717, 1.165) is 43.1 Å². The second-order valence-corrected chi connectivity index (χ2v) is 9.75. The van der Waals surface area contributed by atoms with Gasteiger partial charge in [-0.05, 0) is 85.6 Å². The fourth-order valence-electron chi connectivity index (χ4n) is 4.75. The number of carboxylic acid groups (broad SMARTS) is 1. The summed E-state index contributed by atoms with van der Waals surface area (Å²) in [6, 6.07) is 16.6. The van der Waals surface area contributed by atoms with Crippen LogP contribution in [-0.2, 0) is 11.3 Å². The summed E-state index contributed by atoms with van der Waals surface area (Å²) in [5.74, 6) is -4.43. The third kappa shape index (κ3) is 7.86. The highest BCUT2D eigenvalue weighted by atomic mass is 19.4. The third-order valence-corrected chi connectivity index (χ3v) is 6.88. The van der Waals surface area contributed by atoms with Gasteiger partial charge in [-0.1, -0.05) is 19.1 Å². The van der Waals surface area contributed by atoms with Crippen LogP contribution >= 0.6 is 0 Å². The monoisotopic (exact) mass is 604 g/mol. The molecule has 5 rings (SSSR count). The van der Waals surface area contributed by atoms with Crippen molar-refractivity contribution in [3.05, 3.63) is 100 Å². The van der Waals surface area contributed by atoms with E-state index in [-0.39, 0.29) is 12.5 Å². The van der Waals surface area contributed by atoms with Crippen molar-refractivity contribution in [2.75, 3.05) is 19.6 Å². The van der Waals surface area contributed by atoms with Crippen LogP contribution in [0.15, 0.2) is 69.9 Å². The summed E-state index contributed by atoms with van der Waals surface area (Å²) in [5.41, 5.74) is 3.19. The fourth-order valence-corrected chi connectivity index (χ4v) is 4.75. The number of carbonyl (C=O) groups is 2. The number of hydrogen-bond donors (Lipinski definition) is 2. The number of hydrogen-bond acceptors (Lipinski definition) is 5. The quantitative estimate of drug-likeness (QED) is 0.251. The van der Waals surface area contributed by atoms with Crippen LogP contribution in [-0.4, -0.2) is 57.6 Å². The van der Waals surface area contributed by atoms with Crippen molar-refractivity contribution in [3.8, 4) is 11.1 Å². The molecule has 0 atom stereocenters. The van der Waals surface area contributed by atoms with E-state index in [0.29, 0.717) is 28.8 Å². The lowest BCUT2D eigenvalue weighted by Gasteiger charge is -2.30. The van der Waals surface area contributed by atoms with Gasteiger partial charge < -0.3 is 14.4 Å². The van der Waals surface area contributed by atoms with Crippen molar-refractivity contribution in [1.29, 1.82) is 0 Å². The molecule has 0 bridgehead atoms. The number of likely N-dealkylation sites (tertiary alicyclic amines) is 1. The molecule has 1 saturated heterocycles. The number of fused-ring (bicyclic) bond motifs is 1. The second kappa shape index (κ2) is 13.2. The summed E-state index contributed by atoms with van der Waals surface area (Å²) < 4.78 is 65.4. The molecule has 8 nitrogen and oxygen atoms in total. The minimum absolute atomic E-state index is 0.0540. The van der Waals surface area contributed by atoms with Gasteiger partial charge in [0.2, 0.25) is 0 Å². The van der Waals surface area contributed by atoms with Gasteiger partial charge in [-0.15, -0.1) is 0 Å². The smallest absolute Gasteiger partial charge is 0.475 e. The average Bonchev–Trinajstić information content (AvgIpc) is 3.58. The molecule has 0 spiro atoms. The first kappa shape index (κ1) is 31.4. The number of amides is 1. The number of nitrogens with zero attached hydrogens (tertiary/aromatic N) is 2. The fraction of sp³-hybridized carbons (Fsp3) is 0.267. The van der Waals surface area contributed by atoms with Gasteiger partial charge in [-0.2, -0.15) is 13.2 Å². The molecule has 1 radical (unpaired) electrons. The van der Waals surface area contributed by atoms with Gasteiger partial charge in [0.15, 0.2) is 5.58 Å². The summed E-state index contributed by atoms with van der Waals surface area (Å²) >= 11 is 0. The lowest BCUT2D eigenvalue weighted by atomic mass is 10.0. The number of aliphatic carboxylic acids is 1. The van der Waals surface area contributed by atoms with Gasteiger partial charge in [0.1, 0.15) is 11.6 Å². The summed E-state index contributed by atoms with van der Waals surface area (Å²) in [5, 5.41) is 7.12. The first-order valence-corrected chi connectivity index (χ1v) is 13.2. The van der Waals surface area contributed by atoms with Crippen LogP contribution in [0, 0.1) is 17.7 Å². The molecule has 43 heavy (non-hydrogen) atoms. The molecule has 0 aliphatic carbocycles. The first-order valence-electron chi connectivity index (χ1n) is 13.2. The largest absolute Gasteiger partial charge is 0.490 e. The van der Waals surface area contributed by atoms with Crippen LogP contribution in [0.2, 0.25) is 0 Å². The van der Waals surface area contributed by atoms with E-state index in [1.165, 1.54) is 30.3 Å². The number of halogens is 5. The van der Waals surface area contributed by atoms with Gasteiger partial charge in [-0.25, -0.2) is 18.4 Å². The zero-order chi connectivity index (χ0) is 31.3. The summed E-state index contributed by atoms with van der Waals surface area (Å²) in [4.78, 5) is 40.3. The van der Waals surface area contributed by atoms with Crippen LogP contribution in [0.3, 0.4) is 0 Å². The molecule has 1 aromatic heterocycles. The molecule has 1 aliphatic heterocycles. The molecule has 1 fully saturated rings. The lowest BCUT2D eigenvalue weighted by Crippen LogP contribution is -2.38. The number of nitrogens with one attached hydrogen (secondary N) is 1. The van der Waals surface area contributed by atoms with Crippen molar-refractivity contribution < 1.29 is 41.1 Å². The van der Waals surface area contributed by atoms with Crippen molar-refractivity contribution in [3.63, 3.8) is 0 Å². The van der Waals surface area contributed by atoms with E-state index in [2.05, 4.69) is 16.8 Å². The lowest BCUT2D eigenvalue weighted by molar-refractivity contribution is -0.192. The molecule has 1 aliphatic rings. The Morgan fingerprint density at radius 1 is 1.00 bits per heavy atom. The number of rotatable bonds is 7. The van der Waals surface area contributed by atoms with Crippen molar-refractivity contribution in [2.24, 2.45) is 0 Å². The van der Waals surface area contributed by atoms with Crippen molar-refractivity contribution in [2.45, 2.75) is 32.5 Å². The predicted molar refractivity (Wildman–Crippen MR) is 147 cm³/mol. The molecule has 0 unspecified atom stereocenters. The number of carbonyl (C=O) groups excluding carboxylic acids is 1. The molecule has 4 aromatic rings. The highest BCUT2D eigenvalue weighted by Gasteiger charge is 2.38. The Labute approximate surface area is 242 Å². The maximum absolute atomic E-state index is 15.0. The number of likely N-dealkylation sites (N-methyl/N-ethyl adjacent to an activating group) is 1. The molecule has 2 heterocycles. The van der Waals surface area contributed by atoms with Crippen LogP contribution < -0.4 is 5.76 Å². The van der Waals surface area contributed by atoms with E-state index >= 15 is 4.39 Å². The standard InChI is InChI=1S/C28H26F2N3O3.C2HF3O2/c1-2-32-13-3-4-23(32)17-33(27(34)18-5-9-22(29)10-6-18)16-21-14-19(7-11-24(21)30)20-8-12-25-26(15-20)36-28(35)31-25;3-2(4,5)1(6)7/h5-12,14-15H,2-4,13,16-17H2,1H3,(H,31,35);(H,6,7). The molecular weight excluding hydrogens is 577 g/mol. The Morgan fingerprint density at radius 3 is 2.30 bits per heavy atom. The Kier molecular flexibility index (Phi) is 9.64. The maximum Gasteiger partial charge on any atom is 0.490 e. The minimum atomic E-state index is -5.08. The molecule has 13 heteroatoms. The first-order chi connectivity index (χ1) is 20.3. The number of benzene rings is 3. The Balaban J connectivity index is 0.000000541. The number of H-pyrrole nitrogens is 1. The van der Waals surface area contributed by atoms with Crippen LogP contribution in [0.4, 0.5) is 22.0 Å². The average molecular weight is 605 g/mol. The SMILES string of the molecule is CCN1CCC[C]1CN(Cc1cc(-c2ccc3[nH]c(=O)oc3c2)ccc1F)C(=O)c1ccc(F)cc1.O=C(O)C(F)(F)F. The Hall–Kier alpha value is -4.52. The number of aromatic nitrogens is 1. The highest BCUT2D eigenvalue weighted by Crippen LogP contribution is 2.29. The van der Waals surface area contributed by atoms with E-state index in [4.69, 9.17) is 14.3 Å². The predicted octanol–water partition coefficient (Wildman–Crippen LogP) is 5.99. The Bertz CT molecular complexity index is 1650. The molecule has 3 aromatic carbocycles. The molecule has 1 amide bonds. The summed E-state index contributed by atoms with van der Waals surface area (Å²) in [6.45, 7) is 4.28. The van der Waals surface area contributed by atoms with Gasteiger partial charge in [-0.3, -0.25) is 14.7 Å². The number of alkyl halides is 3. The van der Waals surface area contributed by atoms with Gasteiger partial charge in [0.05, 0.1) is 11.6 Å². The topological polar surface area (TPSA) is 107 Å². The summed E-state index contributed by atoms with van der Waals surface area (Å²) in [7, 11) is 0. The molecule has 227 valence electrons.